The van der Waals surface area contributed by atoms with Gasteiger partial charge in [-0.25, -0.2) is 4.72 Å². The number of aliphatic carboxylic acids is 1. The Labute approximate surface area is 89.4 Å². The molecule has 0 spiro atoms. The summed E-state index contributed by atoms with van der Waals surface area (Å²) in [4.78, 5) is 10.7. The van der Waals surface area contributed by atoms with Crippen LogP contribution in [0.25, 0.3) is 0 Å². The fourth-order valence-corrected chi connectivity index (χ4v) is 2.99. The summed E-state index contributed by atoms with van der Waals surface area (Å²) in [5.74, 6) is -1.27. The summed E-state index contributed by atoms with van der Waals surface area (Å²) in [6.07, 6.45) is 0.747. The molecule has 6 nitrogen and oxygen atoms in total. The van der Waals surface area contributed by atoms with E-state index in [1.807, 2.05) is 0 Å². The van der Waals surface area contributed by atoms with Gasteiger partial charge in [-0.2, -0.15) is 12.7 Å². The van der Waals surface area contributed by atoms with Gasteiger partial charge < -0.3 is 5.11 Å². The maximum absolute atomic E-state index is 11.5. The normalized spacial score (nSPS) is 28.9. The van der Waals surface area contributed by atoms with Crippen molar-refractivity contribution in [2.24, 2.45) is 5.92 Å². The molecule has 7 heteroatoms. The van der Waals surface area contributed by atoms with Crippen LogP contribution < -0.4 is 4.72 Å². The van der Waals surface area contributed by atoms with Gasteiger partial charge in [-0.3, -0.25) is 4.79 Å². The number of hydrogen-bond donors (Lipinski definition) is 2. The molecular formula is C8H16N2O4S. The molecule has 2 N–H and O–H groups in total. The number of carboxylic acids is 1. The monoisotopic (exact) mass is 236 g/mol. The Morgan fingerprint density at radius 2 is 2.13 bits per heavy atom. The quantitative estimate of drug-likeness (QED) is 0.700. The van der Waals surface area contributed by atoms with Crippen LogP contribution in [0.1, 0.15) is 19.8 Å². The van der Waals surface area contributed by atoms with Crippen molar-refractivity contribution in [3.63, 3.8) is 0 Å². The van der Waals surface area contributed by atoms with Crippen LogP contribution in [0.5, 0.6) is 0 Å². The summed E-state index contributed by atoms with van der Waals surface area (Å²) in [7, 11) is -2.08. The first-order valence-corrected chi connectivity index (χ1v) is 6.25. The standard InChI is InChI=1S/C8H16N2O4S/c1-6-5-7(8(11)12)3-4-10(6)15(13,14)9-2/h6-7,9H,3-5H2,1-2H3,(H,11,12). The second-order valence-electron chi connectivity index (χ2n) is 3.73. The third-order valence-electron chi connectivity index (χ3n) is 2.73. The molecule has 0 aliphatic carbocycles. The van der Waals surface area contributed by atoms with Crippen molar-refractivity contribution in [3.8, 4) is 0 Å². The van der Waals surface area contributed by atoms with Gasteiger partial charge in [0.25, 0.3) is 10.2 Å². The van der Waals surface area contributed by atoms with Crippen LogP contribution in [0.15, 0.2) is 0 Å². The smallest absolute Gasteiger partial charge is 0.306 e. The minimum atomic E-state index is -3.43. The second kappa shape index (κ2) is 4.46. The summed E-state index contributed by atoms with van der Waals surface area (Å²) < 4.78 is 26.6. The summed E-state index contributed by atoms with van der Waals surface area (Å²) in [5.41, 5.74) is 0. The van der Waals surface area contributed by atoms with Gasteiger partial charge in [-0.05, 0) is 19.8 Å². The molecule has 1 aliphatic heterocycles. The Morgan fingerprint density at radius 1 is 1.53 bits per heavy atom. The van der Waals surface area contributed by atoms with Crippen LogP contribution in [0.2, 0.25) is 0 Å². The SMILES string of the molecule is CNS(=O)(=O)N1CCC(C(=O)O)CC1C. The van der Waals surface area contributed by atoms with Gasteiger partial charge in [0.05, 0.1) is 5.92 Å². The fourth-order valence-electron chi connectivity index (χ4n) is 1.85. The number of nitrogens with one attached hydrogen (secondary N) is 1. The van der Waals surface area contributed by atoms with Crippen molar-refractivity contribution in [1.82, 2.24) is 9.03 Å². The molecule has 1 heterocycles. The molecule has 1 fully saturated rings. The molecule has 2 atom stereocenters. The van der Waals surface area contributed by atoms with E-state index in [0.29, 0.717) is 12.8 Å². The zero-order chi connectivity index (χ0) is 11.6. The number of carboxylic acid groups (broad SMARTS) is 1. The maximum atomic E-state index is 11.5. The van der Waals surface area contributed by atoms with Crippen molar-refractivity contribution in [3.05, 3.63) is 0 Å². The van der Waals surface area contributed by atoms with Gasteiger partial charge in [0.15, 0.2) is 0 Å². The molecular weight excluding hydrogens is 220 g/mol. The third-order valence-corrected chi connectivity index (χ3v) is 4.41. The lowest BCUT2D eigenvalue weighted by atomic mass is 9.93. The number of piperidine rings is 1. The number of carbonyl (C=O) groups is 1. The van der Waals surface area contributed by atoms with E-state index < -0.39 is 22.1 Å². The molecule has 0 bridgehead atoms. The van der Waals surface area contributed by atoms with E-state index in [-0.39, 0.29) is 12.6 Å². The highest BCUT2D eigenvalue weighted by molar-refractivity contribution is 7.87. The van der Waals surface area contributed by atoms with E-state index in [1.165, 1.54) is 11.4 Å². The van der Waals surface area contributed by atoms with Gasteiger partial charge in [-0.15, -0.1) is 0 Å². The van der Waals surface area contributed by atoms with E-state index >= 15 is 0 Å². The van der Waals surface area contributed by atoms with Crippen LogP contribution in [-0.2, 0) is 15.0 Å². The lowest BCUT2D eigenvalue weighted by Gasteiger charge is -2.34. The van der Waals surface area contributed by atoms with E-state index in [9.17, 15) is 13.2 Å². The highest BCUT2D eigenvalue weighted by Crippen LogP contribution is 2.24. The summed E-state index contributed by atoms with van der Waals surface area (Å²) in [6, 6.07) is -0.266. The predicted octanol–water partition coefficient (Wildman–Crippen LogP) is -0.364. The van der Waals surface area contributed by atoms with Gasteiger partial charge in [0.2, 0.25) is 0 Å². The first kappa shape index (κ1) is 12.4. The number of nitrogens with zero attached hydrogens (tertiary/aromatic N) is 1. The van der Waals surface area contributed by atoms with E-state index in [0.717, 1.165) is 0 Å². The molecule has 2 unspecified atom stereocenters. The minimum Gasteiger partial charge on any atom is -0.481 e. The van der Waals surface area contributed by atoms with Gasteiger partial charge in [-0.1, -0.05) is 0 Å². The second-order valence-corrected chi connectivity index (χ2v) is 5.56. The lowest BCUT2D eigenvalue weighted by Crippen LogP contribution is -2.49. The first-order chi connectivity index (χ1) is 6.88. The first-order valence-electron chi connectivity index (χ1n) is 4.81. The Balaban J connectivity index is 2.73. The van der Waals surface area contributed by atoms with Crippen LogP contribution in [0.3, 0.4) is 0 Å². The summed E-state index contributed by atoms with van der Waals surface area (Å²) in [5, 5.41) is 8.82. The van der Waals surface area contributed by atoms with Crippen molar-refractivity contribution < 1.29 is 18.3 Å². The number of hydrogen-bond acceptors (Lipinski definition) is 3. The molecule has 1 saturated heterocycles. The van der Waals surface area contributed by atoms with Crippen molar-refractivity contribution in [1.29, 1.82) is 0 Å². The molecule has 0 aromatic rings. The van der Waals surface area contributed by atoms with Gasteiger partial charge in [0.1, 0.15) is 0 Å². The zero-order valence-electron chi connectivity index (χ0n) is 8.80. The predicted molar refractivity (Wildman–Crippen MR) is 54.5 cm³/mol. The van der Waals surface area contributed by atoms with E-state index in [4.69, 9.17) is 5.11 Å². The Morgan fingerprint density at radius 3 is 2.53 bits per heavy atom. The minimum absolute atomic E-state index is 0.265. The Kier molecular flexibility index (Phi) is 3.69. The largest absolute Gasteiger partial charge is 0.481 e. The molecule has 1 aliphatic rings. The molecule has 88 valence electrons. The molecule has 1 rings (SSSR count). The van der Waals surface area contributed by atoms with Crippen molar-refractivity contribution in [2.45, 2.75) is 25.8 Å². The molecule has 0 aromatic carbocycles. The van der Waals surface area contributed by atoms with Crippen molar-refractivity contribution >= 4 is 16.2 Å². The average Bonchev–Trinajstić information content (AvgIpc) is 2.17. The average molecular weight is 236 g/mol. The highest BCUT2D eigenvalue weighted by Gasteiger charge is 2.35. The molecule has 0 saturated carbocycles. The van der Waals surface area contributed by atoms with Crippen LogP contribution in [0.4, 0.5) is 0 Å². The van der Waals surface area contributed by atoms with Crippen LogP contribution >= 0.6 is 0 Å². The topological polar surface area (TPSA) is 86.7 Å². The van der Waals surface area contributed by atoms with Gasteiger partial charge >= 0.3 is 5.97 Å². The van der Waals surface area contributed by atoms with E-state index in [1.54, 1.807) is 6.92 Å². The van der Waals surface area contributed by atoms with Crippen LogP contribution in [0, 0.1) is 5.92 Å². The maximum Gasteiger partial charge on any atom is 0.306 e. The molecule has 0 amide bonds. The molecule has 15 heavy (non-hydrogen) atoms. The summed E-state index contributed by atoms with van der Waals surface area (Å²) in [6.45, 7) is 1.99. The summed E-state index contributed by atoms with van der Waals surface area (Å²) >= 11 is 0. The lowest BCUT2D eigenvalue weighted by molar-refractivity contribution is -0.143. The molecule has 0 aromatic heterocycles. The van der Waals surface area contributed by atoms with Crippen LogP contribution in [-0.4, -0.2) is 43.4 Å². The van der Waals surface area contributed by atoms with Gasteiger partial charge in [0, 0.05) is 19.6 Å². The third kappa shape index (κ3) is 2.67. The fraction of sp³-hybridized carbons (Fsp3) is 0.875. The Hall–Kier alpha value is -0.660. The zero-order valence-corrected chi connectivity index (χ0v) is 9.62. The van der Waals surface area contributed by atoms with E-state index in [2.05, 4.69) is 4.72 Å². The Bertz CT molecular complexity index is 341. The van der Waals surface area contributed by atoms with Crippen molar-refractivity contribution in [2.75, 3.05) is 13.6 Å². The number of rotatable bonds is 3. The highest BCUT2D eigenvalue weighted by atomic mass is 32.2. The molecule has 0 radical (unpaired) electrons.